The molecular weight excluding hydrogens is 283 g/mol. The molecule has 0 spiro atoms. The van der Waals surface area contributed by atoms with Gasteiger partial charge in [-0.25, -0.2) is 0 Å². The molecule has 0 aromatic heterocycles. The SMILES string of the molecule is [B]CCCCC(N)(CCN1CCC2=C(C1)SCC2)C(=O)O. The molecule has 4 nitrogen and oxygen atoms in total. The number of nitrogens with zero attached hydrogens (tertiary/aromatic N) is 1. The van der Waals surface area contributed by atoms with Crippen molar-refractivity contribution in [2.45, 2.75) is 50.4 Å². The Labute approximate surface area is 132 Å². The van der Waals surface area contributed by atoms with Crippen molar-refractivity contribution >= 4 is 25.6 Å². The number of rotatable bonds is 8. The monoisotopic (exact) mass is 308 g/mol. The van der Waals surface area contributed by atoms with Gasteiger partial charge in [0.15, 0.2) is 0 Å². The van der Waals surface area contributed by atoms with Crippen LogP contribution in [0.3, 0.4) is 0 Å². The smallest absolute Gasteiger partial charge is 0.323 e. The van der Waals surface area contributed by atoms with Gasteiger partial charge in [0.1, 0.15) is 5.54 Å². The first-order valence-electron chi connectivity index (χ1n) is 7.83. The van der Waals surface area contributed by atoms with Crippen LogP contribution >= 0.6 is 11.8 Å². The highest BCUT2D eigenvalue weighted by Crippen LogP contribution is 2.36. The van der Waals surface area contributed by atoms with E-state index in [0.29, 0.717) is 19.2 Å². The third-order valence-electron chi connectivity index (χ3n) is 4.55. The predicted octanol–water partition coefficient (Wildman–Crippen LogP) is 2.01. The van der Waals surface area contributed by atoms with Crippen LogP contribution in [0.15, 0.2) is 10.5 Å². The Morgan fingerprint density at radius 1 is 1.38 bits per heavy atom. The second-order valence-electron chi connectivity index (χ2n) is 6.11. The van der Waals surface area contributed by atoms with Crippen molar-refractivity contribution in [1.82, 2.24) is 4.90 Å². The molecule has 3 N–H and O–H groups in total. The van der Waals surface area contributed by atoms with E-state index in [0.717, 1.165) is 38.9 Å². The fraction of sp³-hybridized carbons (Fsp3) is 0.800. The van der Waals surface area contributed by atoms with Crippen LogP contribution in [0.4, 0.5) is 0 Å². The van der Waals surface area contributed by atoms with E-state index in [1.807, 2.05) is 11.8 Å². The lowest BCUT2D eigenvalue weighted by molar-refractivity contribution is -0.144. The minimum absolute atomic E-state index is 0.510. The van der Waals surface area contributed by atoms with E-state index >= 15 is 0 Å². The number of carboxylic acids is 1. The Morgan fingerprint density at radius 3 is 2.90 bits per heavy atom. The van der Waals surface area contributed by atoms with Crippen molar-refractivity contribution in [3.8, 4) is 0 Å². The van der Waals surface area contributed by atoms with Gasteiger partial charge in [0.2, 0.25) is 0 Å². The Morgan fingerprint density at radius 2 is 2.19 bits per heavy atom. The summed E-state index contributed by atoms with van der Waals surface area (Å²) in [5.41, 5.74) is 6.64. The molecule has 2 aliphatic heterocycles. The lowest BCUT2D eigenvalue weighted by Gasteiger charge is -2.32. The summed E-state index contributed by atoms with van der Waals surface area (Å²) in [5.74, 6) is 0.333. The molecule has 0 saturated heterocycles. The van der Waals surface area contributed by atoms with E-state index in [4.69, 9.17) is 13.6 Å². The predicted molar refractivity (Wildman–Crippen MR) is 88.7 cm³/mol. The first-order chi connectivity index (χ1) is 10.0. The van der Waals surface area contributed by atoms with Crippen molar-refractivity contribution < 1.29 is 9.90 Å². The van der Waals surface area contributed by atoms with Gasteiger partial charge in [-0.05, 0) is 30.6 Å². The van der Waals surface area contributed by atoms with Crippen LogP contribution in [-0.2, 0) is 4.79 Å². The molecule has 0 aliphatic carbocycles. The van der Waals surface area contributed by atoms with Gasteiger partial charge in [-0.15, -0.1) is 11.8 Å². The second kappa shape index (κ2) is 7.70. The van der Waals surface area contributed by atoms with Gasteiger partial charge < -0.3 is 10.8 Å². The van der Waals surface area contributed by atoms with Crippen LogP contribution in [-0.4, -0.2) is 54.7 Å². The third kappa shape index (κ3) is 4.50. The maximum atomic E-state index is 11.5. The Bertz CT molecular complexity index is 416. The van der Waals surface area contributed by atoms with Crippen molar-refractivity contribution in [2.24, 2.45) is 5.73 Å². The van der Waals surface area contributed by atoms with Crippen LogP contribution in [0.2, 0.25) is 6.32 Å². The van der Waals surface area contributed by atoms with E-state index in [-0.39, 0.29) is 0 Å². The number of thioether (sulfide) groups is 1. The van der Waals surface area contributed by atoms with Crippen molar-refractivity contribution in [2.75, 3.05) is 25.4 Å². The number of carboxylic acid groups (broad SMARTS) is 1. The highest BCUT2D eigenvalue weighted by Gasteiger charge is 2.34. The maximum Gasteiger partial charge on any atom is 0.323 e. The molecule has 1 atom stereocenters. The topological polar surface area (TPSA) is 66.6 Å². The molecule has 2 heterocycles. The van der Waals surface area contributed by atoms with Gasteiger partial charge in [0.25, 0.3) is 0 Å². The summed E-state index contributed by atoms with van der Waals surface area (Å²) in [4.78, 5) is 15.4. The summed E-state index contributed by atoms with van der Waals surface area (Å²) in [6.07, 6.45) is 5.61. The maximum absolute atomic E-state index is 11.5. The molecule has 0 bridgehead atoms. The minimum atomic E-state index is -1.10. The van der Waals surface area contributed by atoms with Gasteiger partial charge in [0, 0.05) is 25.4 Å². The number of unbranched alkanes of at least 4 members (excludes halogenated alkanes) is 1. The number of aliphatic carboxylic acids is 1. The zero-order valence-corrected chi connectivity index (χ0v) is 13.5. The zero-order chi connectivity index (χ0) is 15.3. The van der Waals surface area contributed by atoms with E-state index in [1.54, 1.807) is 5.57 Å². The molecule has 0 aromatic carbocycles. The highest BCUT2D eigenvalue weighted by atomic mass is 32.2. The molecule has 21 heavy (non-hydrogen) atoms. The van der Waals surface area contributed by atoms with Gasteiger partial charge >= 0.3 is 5.97 Å². The molecular formula is C15H25BN2O2S. The lowest BCUT2D eigenvalue weighted by Crippen LogP contribution is -2.50. The minimum Gasteiger partial charge on any atom is -0.480 e. The van der Waals surface area contributed by atoms with E-state index < -0.39 is 11.5 Å². The van der Waals surface area contributed by atoms with Crippen LogP contribution in [0, 0.1) is 0 Å². The average Bonchev–Trinajstić information content (AvgIpc) is 2.92. The second-order valence-corrected chi connectivity index (χ2v) is 7.30. The molecule has 116 valence electrons. The standard InChI is InChI=1S/C15H25BN2O2S/c16-7-2-1-5-15(17,14(19)20)6-9-18-8-3-12-4-10-21-13(12)11-18/h1-11,17H2,(H,19,20). The summed E-state index contributed by atoms with van der Waals surface area (Å²) in [6, 6.07) is 0. The highest BCUT2D eigenvalue weighted by molar-refractivity contribution is 8.03. The van der Waals surface area contributed by atoms with Crippen LogP contribution < -0.4 is 5.73 Å². The fourth-order valence-corrected chi connectivity index (χ4v) is 4.29. The van der Waals surface area contributed by atoms with E-state index in [2.05, 4.69) is 4.90 Å². The summed E-state index contributed by atoms with van der Waals surface area (Å²) in [7, 11) is 5.47. The van der Waals surface area contributed by atoms with Crippen molar-refractivity contribution in [3.05, 3.63) is 10.5 Å². The number of carbonyl (C=O) groups is 1. The molecule has 0 aromatic rings. The quantitative estimate of drug-likeness (QED) is 0.530. The number of nitrogens with two attached hydrogens (primary N) is 1. The summed E-state index contributed by atoms with van der Waals surface area (Å²) in [6.45, 7) is 2.79. The summed E-state index contributed by atoms with van der Waals surface area (Å²) >= 11 is 1.96. The first kappa shape index (κ1) is 16.9. The molecule has 1 unspecified atom stereocenters. The van der Waals surface area contributed by atoms with E-state index in [1.165, 1.54) is 17.1 Å². The Balaban J connectivity index is 1.83. The molecule has 0 saturated carbocycles. The summed E-state index contributed by atoms with van der Waals surface area (Å²) in [5, 5.41) is 9.42. The zero-order valence-electron chi connectivity index (χ0n) is 12.6. The van der Waals surface area contributed by atoms with Gasteiger partial charge in [0.05, 0.1) is 7.85 Å². The van der Waals surface area contributed by atoms with Crippen molar-refractivity contribution in [1.29, 1.82) is 0 Å². The Kier molecular flexibility index (Phi) is 6.20. The van der Waals surface area contributed by atoms with Crippen LogP contribution in [0.1, 0.15) is 38.5 Å². The summed E-state index contributed by atoms with van der Waals surface area (Å²) < 4.78 is 0. The van der Waals surface area contributed by atoms with E-state index in [9.17, 15) is 9.90 Å². The van der Waals surface area contributed by atoms with Gasteiger partial charge in [-0.3, -0.25) is 9.69 Å². The number of hydrogen-bond donors (Lipinski definition) is 2. The first-order valence-corrected chi connectivity index (χ1v) is 8.82. The number of hydrogen-bond acceptors (Lipinski definition) is 4. The van der Waals surface area contributed by atoms with Crippen molar-refractivity contribution in [3.63, 3.8) is 0 Å². The molecule has 2 aliphatic rings. The van der Waals surface area contributed by atoms with Gasteiger partial charge in [-0.2, -0.15) is 0 Å². The van der Waals surface area contributed by atoms with Gasteiger partial charge in [-0.1, -0.05) is 24.7 Å². The Hall–Kier alpha value is -0.455. The normalized spacial score (nSPS) is 22.1. The van der Waals surface area contributed by atoms with Crippen LogP contribution in [0.25, 0.3) is 0 Å². The molecule has 0 fully saturated rings. The van der Waals surface area contributed by atoms with Crippen LogP contribution in [0.5, 0.6) is 0 Å². The fourth-order valence-electron chi connectivity index (χ4n) is 3.01. The molecule has 0 amide bonds. The largest absolute Gasteiger partial charge is 0.480 e. The lowest BCUT2D eigenvalue weighted by atomic mass is 9.87. The molecule has 6 heteroatoms. The molecule has 2 radical (unpaired) electrons. The average molecular weight is 308 g/mol. The third-order valence-corrected chi connectivity index (χ3v) is 5.72. The molecule has 2 rings (SSSR count).